The number of aromatic amines is 1. The predicted octanol–water partition coefficient (Wildman–Crippen LogP) is 4.27. The van der Waals surface area contributed by atoms with Crippen molar-refractivity contribution in [3.63, 3.8) is 0 Å². The van der Waals surface area contributed by atoms with Crippen LogP contribution >= 0.6 is 11.3 Å². The van der Waals surface area contributed by atoms with E-state index in [2.05, 4.69) is 20.3 Å². The van der Waals surface area contributed by atoms with Gasteiger partial charge in [-0.3, -0.25) is 9.89 Å². The molecule has 0 radical (unpaired) electrons. The van der Waals surface area contributed by atoms with Gasteiger partial charge in [-0.25, -0.2) is 0 Å². The Morgan fingerprint density at radius 2 is 2.03 bits per heavy atom. The average Bonchev–Trinajstić information content (AvgIpc) is 3.59. The van der Waals surface area contributed by atoms with Crippen LogP contribution in [-0.2, 0) is 0 Å². The minimum absolute atomic E-state index is 0.0681. The van der Waals surface area contributed by atoms with Gasteiger partial charge in [0.2, 0.25) is 0 Å². The van der Waals surface area contributed by atoms with Crippen molar-refractivity contribution in [1.82, 2.24) is 25.2 Å². The molecule has 1 aliphatic heterocycles. The van der Waals surface area contributed by atoms with Crippen LogP contribution < -0.4 is 4.90 Å². The van der Waals surface area contributed by atoms with Crippen molar-refractivity contribution in [3.05, 3.63) is 59.2 Å². The van der Waals surface area contributed by atoms with Crippen molar-refractivity contribution in [1.29, 1.82) is 0 Å². The van der Waals surface area contributed by atoms with Crippen LogP contribution in [0.15, 0.2) is 52.4 Å². The maximum Gasteiger partial charge on any atom is 0.278 e. The SMILES string of the molecule is CN(C)c1cccc(C(=O)N2CCC(c3noc(-c4cc(-c5cccs5)[nH]n4)n3)CC2)c1. The number of nitrogens with one attached hydrogen (secondary N) is 1. The first kappa shape index (κ1) is 20.4. The lowest BCUT2D eigenvalue weighted by molar-refractivity contribution is 0.0710. The van der Waals surface area contributed by atoms with Crippen LogP contribution in [0.5, 0.6) is 0 Å². The Labute approximate surface area is 189 Å². The van der Waals surface area contributed by atoms with E-state index in [0.29, 0.717) is 30.5 Å². The predicted molar refractivity (Wildman–Crippen MR) is 124 cm³/mol. The molecule has 1 saturated heterocycles. The molecule has 4 heterocycles. The highest BCUT2D eigenvalue weighted by molar-refractivity contribution is 7.13. The number of piperidine rings is 1. The van der Waals surface area contributed by atoms with E-state index < -0.39 is 0 Å². The van der Waals surface area contributed by atoms with Crippen molar-refractivity contribution in [2.24, 2.45) is 0 Å². The number of rotatable bonds is 5. The van der Waals surface area contributed by atoms with Crippen molar-refractivity contribution in [2.45, 2.75) is 18.8 Å². The van der Waals surface area contributed by atoms with Crippen LogP contribution in [0.4, 0.5) is 5.69 Å². The number of aromatic nitrogens is 4. The lowest BCUT2D eigenvalue weighted by Gasteiger charge is -2.30. The summed E-state index contributed by atoms with van der Waals surface area (Å²) in [5.74, 6) is 1.33. The largest absolute Gasteiger partial charge is 0.378 e. The summed E-state index contributed by atoms with van der Waals surface area (Å²) in [7, 11) is 3.94. The number of H-pyrrole nitrogens is 1. The van der Waals surface area contributed by atoms with E-state index in [0.717, 1.165) is 34.7 Å². The molecule has 9 heteroatoms. The highest BCUT2D eigenvalue weighted by atomic mass is 32.1. The standard InChI is InChI=1S/C23H24N6O2S/c1-28(2)17-6-3-5-16(13-17)23(30)29-10-8-15(9-11-29)21-24-22(31-27-21)19-14-18(25-26-19)20-7-4-12-32-20/h3-7,12-15H,8-11H2,1-2H3,(H,25,26). The topological polar surface area (TPSA) is 91.2 Å². The zero-order valence-corrected chi connectivity index (χ0v) is 18.8. The lowest BCUT2D eigenvalue weighted by Crippen LogP contribution is -2.38. The molecule has 0 atom stereocenters. The summed E-state index contributed by atoms with van der Waals surface area (Å²) in [6, 6.07) is 13.7. The number of hydrogen-bond acceptors (Lipinski definition) is 7. The first-order chi connectivity index (χ1) is 15.6. The van der Waals surface area contributed by atoms with E-state index in [-0.39, 0.29) is 11.8 Å². The van der Waals surface area contributed by atoms with Gasteiger partial charge in [0.05, 0.1) is 10.6 Å². The summed E-state index contributed by atoms with van der Waals surface area (Å²) in [6.45, 7) is 1.34. The molecule has 0 unspecified atom stereocenters. The van der Waals surface area contributed by atoms with E-state index in [9.17, 15) is 4.79 Å². The summed E-state index contributed by atoms with van der Waals surface area (Å²) in [5, 5.41) is 13.6. The summed E-state index contributed by atoms with van der Waals surface area (Å²) in [5.41, 5.74) is 3.31. The van der Waals surface area contributed by atoms with Gasteiger partial charge in [-0.2, -0.15) is 10.1 Å². The molecule has 1 aliphatic rings. The Morgan fingerprint density at radius 1 is 1.19 bits per heavy atom. The molecule has 1 aromatic carbocycles. The Morgan fingerprint density at radius 3 is 2.78 bits per heavy atom. The Balaban J connectivity index is 1.23. The fourth-order valence-electron chi connectivity index (χ4n) is 3.93. The second-order valence-electron chi connectivity index (χ2n) is 8.11. The normalized spacial score (nSPS) is 14.6. The van der Waals surface area contributed by atoms with Gasteiger partial charge < -0.3 is 14.3 Å². The maximum atomic E-state index is 13.0. The molecule has 3 aromatic heterocycles. The molecule has 1 N–H and O–H groups in total. The van der Waals surface area contributed by atoms with Crippen LogP contribution in [-0.4, -0.2) is 58.3 Å². The monoisotopic (exact) mass is 448 g/mol. The Kier molecular flexibility index (Phi) is 5.48. The highest BCUT2D eigenvalue weighted by Gasteiger charge is 2.28. The smallest absolute Gasteiger partial charge is 0.278 e. The first-order valence-corrected chi connectivity index (χ1v) is 11.5. The fourth-order valence-corrected chi connectivity index (χ4v) is 4.63. The molecular formula is C23H24N6O2S. The summed E-state index contributed by atoms with van der Waals surface area (Å²) >= 11 is 1.64. The van der Waals surface area contributed by atoms with E-state index in [4.69, 9.17) is 4.52 Å². The van der Waals surface area contributed by atoms with Crippen LogP contribution in [0.3, 0.4) is 0 Å². The zero-order chi connectivity index (χ0) is 22.1. The maximum absolute atomic E-state index is 13.0. The zero-order valence-electron chi connectivity index (χ0n) is 18.0. The summed E-state index contributed by atoms with van der Waals surface area (Å²) in [4.78, 5) is 22.6. The van der Waals surface area contributed by atoms with E-state index in [1.807, 2.05) is 71.7 Å². The molecule has 0 aliphatic carbocycles. The summed E-state index contributed by atoms with van der Waals surface area (Å²) < 4.78 is 5.49. The van der Waals surface area contributed by atoms with Gasteiger partial charge in [-0.1, -0.05) is 17.3 Å². The van der Waals surface area contributed by atoms with Crippen molar-refractivity contribution in [3.8, 4) is 22.2 Å². The molecule has 0 saturated carbocycles. The van der Waals surface area contributed by atoms with Gasteiger partial charge in [0, 0.05) is 44.4 Å². The van der Waals surface area contributed by atoms with Crippen LogP contribution in [0.1, 0.15) is 34.9 Å². The van der Waals surface area contributed by atoms with Gasteiger partial charge in [-0.05, 0) is 48.6 Å². The Bertz CT molecular complexity index is 1200. The molecule has 0 bridgehead atoms. The lowest BCUT2D eigenvalue weighted by atomic mass is 9.95. The van der Waals surface area contributed by atoms with Crippen LogP contribution in [0, 0.1) is 0 Å². The number of amides is 1. The van der Waals surface area contributed by atoms with E-state index >= 15 is 0 Å². The Hall–Kier alpha value is -3.46. The van der Waals surface area contributed by atoms with Gasteiger partial charge >= 0.3 is 0 Å². The average molecular weight is 449 g/mol. The summed E-state index contributed by atoms with van der Waals surface area (Å²) in [6.07, 6.45) is 1.61. The highest BCUT2D eigenvalue weighted by Crippen LogP contribution is 2.30. The first-order valence-electron chi connectivity index (χ1n) is 10.6. The fraction of sp³-hybridized carbons (Fsp3) is 0.304. The number of likely N-dealkylation sites (tertiary alicyclic amines) is 1. The van der Waals surface area contributed by atoms with Gasteiger partial charge in [-0.15, -0.1) is 11.3 Å². The van der Waals surface area contributed by atoms with E-state index in [1.165, 1.54) is 0 Å². The molecule has 4 aromatic rings. The minimum atomic E-state index is 0.0681. The van der Waals surface area contributed by atoms with Gasteiger partial charge in [0.25, 0.3) is 11.8 Å². The molecule has 5 rings (SSSR count). The minimum Gasteiger partial charge on any atom is -0.378 e. The van der Waals surface area contributed by atoms with Gasteiger partial charge in [0.15, 0.2) is 11.5 Å². The third kappa shape index (κ3) is 4.03. The molecule has 164 valence electrons. The number of anilines is 1. The number of carbonyl (C=O) groups is 1. The van der Waals surface area contributed by atoms with Crippen molar-refractivity contribution in [2.75, 3.05) is 32.1 Å². The number of nitrogens with zero attached hydrogens (tertiary/aromatic N) is 5. The van der Waals surface area contributed by atoms with Crippen molar-refractivity contribution >= 4 is 22.9 Å². The molecule has 0 spiro atoms. The molecular weight excluding hydrogens is 424 g/mol. The quantitative estimate of drug-likeness (QED) is 0.490. The van der Waals surface area contributed by atoms with Crippen LogP contribution in [0.25, 0.3) is 22.2 Å². The molecule has 8 nitrogen and oxygen atoms in total. The number of thiophene rings is 1. The third-order valence-electron chi connectivity index (χ3n) is 5.78. The number of carbonyl (C=O) groups excluding carboxylic acids is 1. The number of hydrogen-bond donors (Lipinski definition) is 1. The van der Waals surface area contributed by atoms with Crippen LogP contribution in [0.2, 0.25) is 0 Å². The molecule has 1 amide bonds. The van der Waals surface area contributed by atoms with Crippen molar-refractivity contribution < 1.29 is 9.32 Å². The van der Waals surface area contributed by atoms with Gasteiger partial charge in [0.1, 0.15) is 0 Å². The third-order valence-corrected chi connectivity index (χ3v) is 6.69. The number of benzene rings is 1. The second kappa shape index (κ2) is 8.58. The molecule has 32 heavy (non-hydrogen) atoms. The second-order valence-corrected chi connectivity index (χ2v) is 9.06. The van der Waals surface area contributed by atoms with E-state index in [1.54, 1.807) is 11.3 Å². The molecule has 1 fully saturated rings.